The van der Waals surface area contributed by atoms with Gasteiger partial charge in [-0.15, -0.1) is 0 Å². The van der Waals surface area contributed by atoms with E-state index in [1.807, 2.05) is 37.3 Å². The zero-order valence-corrected chi connectivity index (χ0v) is 9.97. The van der Waals surface area contributed by atoms with Crippen LogP contribution in [0.15, 0.2) is 30.3 Å². The van der Waals surface area contributed by atoms with Crippen molar-refractivity contribution < 1.29 is 6.15 Å². The third-order valence-electron chi connectivity index (χ3n) is 1.45. The van der Waals surface area contributed by atoms with Crippen LogP contribution in [0.5, 0.6) is 0 Å². The molecule has 3 heteroatoms. The van der Waals surface area contributed by atoms with Gasteiger partial charge in [-0.2, -0.15) is 0 Å². The number of hydrogen-bond acceptors (Lipinski definition) is 2. The molecule has 12 heavy (non-hydrogen) atoms. The molecule has 0 spiro atoms. The van der Waals surface area contributed by atoms with E-state index in [0.717, 1.165) is 10.0 Å². The van der Waals surface area contributed by atoms with Gasteiger partial charge in [-0.3, -0.25) is 0 Å². The van der Waals surface area contributed by atoms with Crippen LogP contribution < -0.4 is 3.58 Å². The van der Waals surface area contributed by atoms with Crippen LogP contribution in [0.1, 0.15) is 13.3 Å². The van der Waals surface area contributed by atoms with Crippen molar-refractivity contribution in [1.29, 1.82) is 0 Å². The standard InChI is InChI=1S/C6H5.C3H7O.O.Sn/c1-2-4-6-5-3-1;1-2-3-4;;/h1-5H;2-3H2,1H3;;/q;-1;;+1. The summed E-state index contributed by atoms with van der Waals surface area (Å²) < 4.78 is 17.6. The van der Waals surface area contributed by atoms with Crippen molar-refractivity contribution in [3.8, 4) is 0 Å². The van der Waals surface area contributed by atoms with E-state index >= 15 is 0 Å². The first-order chi connectivity index (χ1) is 5.84. The Labute approximate surface area is 80.2 Å². The first-order valence-electron chi connectivity index (χ1n) is 4.06. The van der Waals surface area contributed by atoms with E-state index in [1.54, 1.807) is 0 Å². The van der Waals surface area contributed by atoms with E-state index in [2.05, 4.69) is 0 Å². The summed E-state index contributed by atoms with van der Waals surface area (Å²) in [4.78, 5) is 0. The van der Waals surface area contributed by atoms with Crippen LogP contribution in [0.25, 0.3) is 0 Å². The van der Waals surface area contributed by atoms with Crippen molar-refractivity contribution in [2.75, 3.05) is 6.61 Å². The average Bonchev–Trinajstić information content (AvgIpc) is 2.15. The molecule has 0 amide bonds. The molecule has 0 aliphatic rings. The third-order valence-corrected chi connectivity index (χ3v) is 5.07. The quantitative estimate of drug-likeness (QED) is 0.770. The molecule has 1 aromatic carbocycles. The Morgan fingerprint density at radius 2 is 2.00 bits per heavy atom. The van der Waals surface area contributed by atoms with Crippen molar-refractivity contribution in [1.82, 2.24) is 0 Å². The van der Waals surface area contributed by atoms with Gasteiger partial charge in [0.25, 0.3) is 0 Å². The number of benzene rings is 1. The van der Waals surface area contributed by atoms with E-state index in [0.29, 0.717) is 6.61 Å². The second kappa shape index (κ2) is 5.43. The molecule has 0 radical (unpaired) electrons. The Bertz CT molecular complexity index is 246. The molecule has 64 valence electrons. The Morgan fingerprint density at radius 3 is 2.58 bits per heavy atom. The molecule has 0 fully saturated rings. The summed E-state index contributed by atoms with van der Waals surface area (Å²) in [7, 11) is 0. The molecule has 0 aromatic heterocycles. The van der Waals surface area contributed by atoms with Crippen LogP contribution in [0.2, 0.25) is 0 Å². The molecule has 0 atom stereocenters. The average molecular weight is 271 g/mol. The fourth-order valence-corrected chi connectivity index (χ4v) is 3.77. The van der Waals surface area contributed by atoms with Crippen LogP contribution in [0.3, 0.4) is 0 Å². The Kier molecular flexibility index (Phi) is 4.46. The van der Waals surface area contributed by atoms with Gasteiger partial charge >= 0.3 is 80.2 Å². The van der Waals surface area contributed by atoms with Crippen molar-refractivity contribution in [3.63, 3.8) is 0 Å². The zero-order valence-electron chi connectivity index (χ0n) is 7.12. The van der Waals surface area contributed by atoms with E-state index in [-0.39, 0.29) is 0 Å². The molecule has 1 rings (SSSR count). The van der Waals surface area contributed by atoms with Crippen LogP contribution in [0.4, 0.5) is 0 Å². The van der Waals surface area contributed by atoms with E-state index in [1.165, 1.54) is 0 Å². The fraction of sp³-hybridized carbons (Fsp3) is 0.333. The normalized spacial score (nSPS) is 9.75. The molecule has 0 saturated carbocycles. The van der Waals surface area contributed by atoms with Crippen molar-refractivity contribution in [2.24, 2.45) is 0 Å². The molecular formula is C9H12O2Sn. The fourth-order valence-electron chi connectivity index (χ4n) is 0.852. The first kappa shape index (κ1) is 9.86. The predicted octanol–water partition coefficient (Wildman–Crippen LogP) is 1.24. The van der Waals surface area contributed by atoms with Crippen LogP contribution in [-0.2, 0) is 6.15 Å². The first-order valence-corrected chi connectivity index (χ1v) is 7.82. The van der Waals surface area contributed by atoms with Gasteiger partial charge in [0.2, 0.25) is 0 Å². The molecule has 0 heterocycles. The molecule has 0 unspecified atom stereocenters. The molecule has 0 aliphatic carbocycles. The second-order valence-corrected chi connectivity index (χ2v) is 6.61. The summed E-state index contributed by atoms with van der Waals surface area (Å²) >= 11 is -2.87. The molecular weight excluding hydrogens is 259 g/mol. The SMILES string of the molecule is CCC[O][Sn](=[O])[c]1ccccc1. The maximum atomic E-state index is 11.5. The summed E-state index contributed by atoms with van der Waals surface area (Å²) in [6.07, 6.45) is 0.930. The van der Waals surface area contributed by atoms with Gasteiger partial charge in [-0.25, -0.2) is 0 Å². The molecule has 0 bridgehead atoms. The minimum atomic E-state index is -2.87. The van der Waals surface area contributed by atoms with Gasteiger partial charge in [0, 0.05) is 0 Å². The molecule has 0 N–H and O–H groups in total. The summed E-state index contributed by atoms with van der Waals surface area (Å²) in [5, 5.41) is 0. The topological polar surface area (TPSA) is 26.3 Å². The summed E-state index contributed by atoms with van der Waals surface area (Å²) in [5.74, 6) is 0. The van der Waals surface area contributed by atoms with Gasteiger partial charge < -0.3 is 0 Å². The van der Waals surface area contributed by atoms with E-state index in [9.17, 15) is 3.08 Å². The second-order valence-electron chi connectivity index (χ2n) is 2.50. The van der Waals surface area contributed by atoms with Crippen LogP contribution >= 0.6 is 0 Å². The van der Waals surface area contributed by atoms with Crippen LogP contribution in [-0.4, -0.2) is 26.8 Å². The molecule has 0 saturated heterocycles. The Morgan fingerprint density at radius 1 is 1.33 bits per heavy atom. The Hall–Kier alpha value is -0.221. The van der Waals surface area contributed by atoms with E-state index < -0.39 is 20.2 Å². The molecule has 2 nitrogen and oxygen atoms in total. The maximum absolute atomic E-state index is 11.5. The summed E-state index contributed by atoms with van der Waals surface area (Å²) in [5.41, 5.74) is 0. The summed E-state index contributed by atoms with van der Waals surface area (Å²) in [6, 6.07) is 9.45. The predicted molar refractivity (Wildman–Crippen MR) is 48.8 cm³/mol. The van der Waals surface area contributed by atoms with Gasteiger partial charge in [0.15, 0.2) is 0 Å². The third kappa shape index (κ3) is 3.03. The zero-order chi connectivity index (χ0) is 8.81. The van der Waals surface area contributed by atoms with Crippen LogP contribution in [0, 0.1) is 0 Å². The molecule has 1 aromatic rings. The summed E-state index contributed by atoms with van der Waals surface area (Å²) in [6.45, 7) is 2.63. The minimum absolute atomic E-state index is 0.618. The molecule has 0 aliphatic heterocycles. The van der Waals surface area contributed by atoms with Gasteiger partial charge in [0.1, 0.15) is 0 Å². The van der Waals surface area contributed by atoms with Crippen molar-refractivity contribution in [2.45, 2.75) is 13.3 Å². The van der Waals surface area contributed by atoms with Gasteiger partial charge in [-0.1, -0.05) is 0 Å². The monoisotopic (exact) mass is 272 g/mol. The van der Waals surface area contributed by atoms with Crippen molar-refractivity contribution >= 4 is 23.7 Å². The van der Waals surface area contributed by atoms with Gasteiger partial charge in [0.05, 0.1) is 0 Å². The van der Waals surface area contributed by atoms with E-state index in [4.69, 9.17) is 3.07 Å². The number of hydrogen-bond donors (Lipinski definition) is 0. The van der Waals surface area contributed by atoms with Gasteiger partial charge in [-0.05, 0) is 0 Å². The Balaban J connectivity index is 2.54. The van der Waals surface area contributed by atoms with Crippen molar-refractivity contribution in [3.05, 3.63) is 30.3 Å². The number of rotatable bonds is 4.